The number of hydrogen-bond acceptors (Lipinski definition) is 14. The van der Waals surface area contributed by atoms with Crippen molar-refractivity contribution in [1.82, 2.24) is 20.9 Å². The first kappa shape index (κ1) is 66.4. The number of nitrogens with zero attached hydrogens (tertiary/aromatic N) is 2. The average molecular weight is 1290 g/mol. The van der Waals surface area contributed by atoms with E-state index >= 15 is 0 Å². The van der Waals surface area contributed by atoms with Crippen LogP contribution in [-0.2, 0) is 67.5 Å². The molecule has 0 bridgehead atoms. The molecule has 20 nitrogen and oxygen atoms in total. The number of amides is 3. The topological polar surface area (TPSA) is 299 Å². The summed E-state index contributed by atoms with van der Waals surface area (Å²) in [5, 5.41) is 46.1. The van der Waals surface area contributed by atoms with Crippen LogP contribution < -0.4 is 20.7 Å². The van der Waals surface area contributed by atoms with Gasteiger partial charge >= 0.3 is 36.2 Å². The first-order valence-electron chi connectivity index (χ1n) is 30.2. The summed E-state index contributed by atoms with van der Waals surface area (Å²) in [5.74, 6) is -2.28. The second-order valence-corrected chi connectivity index (χ2v) is 22.1. The lowest BCUT2D eigenvalue weighted by molar-refractivity contribution is -0.140. The molecule has 8 aromatic carbocycles. The van der Waals surface area contributed by atoms with Crippen molar-refractivity contribution in [2.24, 2.45) is 0 Å². The van der Waals surface area contributed by atoms with Gasteiger partial charge in [-0.25, -0.2) is 33.2 Å². The van der Waals surface area contributed by atoms with Gasteiger partial charge in [0, 0.05) is 54.4 Å². The second-order valence-electron chi connectivity index (χ2n) is 22.1. The molecule has 0 spiro atoms. The number of carbonyl (C=O) groups is 6. The fourth-order valence-electron chi connectivity index (χ4n) is 10.4. The van der Waals surface area contributed by atoms with Gasteiger partial charge in [-0.3, -0.25) is 4.98 Å². The molecule has 1 aliphatic heterocycles. The lowest BCUT2D eigenvalue weighted by atomic mass is 10.0. The molecular weight excluding hydrogens is 1230 g/mol. The van der Waals surface area contributed by atoms with Gasteiger partial charge in [0.05, 0.1) is 11.6 Å². The SMILES string of the molecule is N#Cc1cccc(-c2ccc3oc(COC(=O)N[C@H](Cc4ccccc4)C(=O)O)cc3c2)c1.O=C(N[C@H](Cc1ccc(F)cc1)C(=O)O)OCc1cc2cc(-c3cccnc3)ccc2o1.O=C(N[C@H](Cc1ccccc1)C(=O)O)OCC1Cc2cc(-c3ccccc3)ccc2O1. The number of halogens is 1. The molecule has 1 aliphatic rings. The molecule has 12 rings (SSSR count). The van der Waals surface area contributed by atoms with E-state index in [1.54, 1.807) is 54.9 Å². The number of alkyl carbamates (subject to hydrolysis) is 3. The van der Waals surface area contributed by atoms with Crippen molar-refractivity contribution in [2.45, 2.75) is 63.1 Å². The largest absolute Gasteiger partial charge is 0.486 e. The van der Waals surface area contributed by atoms with Gasteiger partial charge in [0.25, 0.3) is 0 Å². The smallest absolute Gasteiger partial charge is 0.408 e. The molecule has 3 aromatic heterocycles. The highest BCUT2D eigenvalue weighted by Crippen LogP contribution is 2.34. The summed E-state index contributed by atoms with van der Waals surface area (Å²) >= 11 is 0. The molecule has 96 heavy (non-hydrogen) atoms. The minimum atomic E-state index is -1.22. The van der Waals surface area contributed by atoms with Crippen molar-refractivity contribution in [3.8, 4) is 45.2 Å². The highest BCUT2D eigenvalue weighted by molar-refractivity contribution is 5.86. The molecule has 3 amide bonds. The zero-order valence-electron chi connectivity index (χ0n) is 51.2. The number of ether oxygens (including phenoxy) is 4. The van der Waals surface area contributed by atoms with E-state index in [1.807, 2.05) is 133 Å². The molecule has 0 aliphatic carbocycles. The predicted molar refractivity (Wildman–Crippen MR) is 352 cm³/mol. The van der Waals surface area contributed by atoms with Gasteiger partial charge in [-0.2, -0.15) is 5.26 Å². The van der Waals surface area contributed by atoms with Gasteiger partial charge < -0.3 is 59.1 Å². The number of nitrogens with one attached hydrogen (secondary N) is 3. The Hall–Kier alpha value is -12.6. The lowest BCUT2D eigenvalue weighted by Crippen LogP contribution is -2.43. The number of nitriles is 1. The summed E-state index contributed by atoms with van der Waals surface area (Å²) in [4.78, 5) is 75.1. The Kier molecular flexibility index (Phi) is 22.2. The molecule has 4 atom stereocenters. The van der Waals surface area contributed by atoms with Crippen LogP contribution >= 0.6 is 0 Å². The van der Waals surface area contributed by atoms with Crippen molar-refractivity contribution in [3.63, 3.8) is 0 Å². The Morgan fingerprint density at radius 1 is 0.500 bits per heavy atom. The maximum Gasteiger partial charge on any atom is 0.408 e. The van der Waals surface area contributed by atoms with Gasteiger partial charge in [0.2, 0.25) is 0 Å². The van der Waals surface area contributed by atoms with Crippen LogP contribution in [0.25, 0.3) is 55.3 Å². The normalized spacial score (nSPS) is 12.9. The van der Waals surface area contributed by atoms with Gasteiger partial charge in [-0.05, 0) is 129 Å². The predicted octanol–water partition coefficient (Wildman–Crippen LogP) is 13.5. The highest BCUT2D eigenvalue weighted by atomic mass is 19.1. The zero-order chi connectivity index (χ0) is 67.3. The average Bonchev–Trinajstić information content (AvgIpc) is 1.67. The Morgan fingerprint density at radius 2 is 0.958 bits per heavy atom. The van der Waals surface area contributed by atoms with Crippen LogP contribution in [0.1, 0.15) is 39.3 Å². The summed E-state index contributed by atoms with van der Waals surface area (Å²) in [5.41, 5.74) is 11.1. The van der Waals surface area contributed by atoms with E-state index in [1.165, 1.54) is 24.3 Å². The zero-order valence-corrected chi connectivity index (χ0v) is 51.2. The summed E-state index contributed by atoms with van der Waals surface area (Å²) < 4.78 is 45.9. The van der Waals surface area contributed by atoms with E-state index in [0.717, 1.165) is 66.6 Å². The molecule has 0 saturated heterocycles. The third-order valence-corrected chi connectivity index (χ3v) is 15.1. The standard InChI is InChI=1S/C26H20N2O5.C25H23NO5.C24H19FN2O5/c27-15-18-7-4-8-19(11-18)20-9-10-24-21(13-20)14-22(33-24)16-32-26(31)28-23(25(29)30)12-17-5-2-1-3-6-17;27-24(28)22(13-17-7-3-1-4-8-17)26-25(29)30-16-21-15-20-14-19(11-12-23(20)31-21)18-9-5-2-6-10-18;25-19-6-3-15(4-7-19)10-21(23(28)29)27-24(30)31-14-20-12-18-11-16(5-8-22(18)32-20)17-2-1-9-26-13-17/h1-11,13-14,23H,12,16H2,(H,28,31)(H,29,30);1-12,14,21-22H,13,15-16H2,(H,26,29)(H,27,28);1-9,11-13,21H,10,14H2,(H,27,30)(H,28,29)/t23-;21?,22-;21-/m111/s1. The number of furan rings is 2. The Morgan fingerprint density at radius 3 is 1.47 bits per heavy atom. The summed E-state index contributed by atoms with van der Waals surface area (Å²) in [6.45, 7) is -0.262. The Labute approximate surface area is 549 Å². The third kappa shape index (κ3) is 18.8. The van der Waals surface area contributed by atoms with Gasteiger partial charge in [-0.1, -0.05) is 140 Å². The molecule has 0 radical (unpaired) electrons. The molecule has 0 fully saturated rings. The Balaban J connectivity index is 0.000000157. The summed E-state index contributed by atoms with van der Waals surface area (Å²) in [6, 6.07) is 64.3. The number of hydrogen-bond donors (Lipinski definition) is 6. The van der Waals surface area contributed by atoms with Crippen molar-refractivity contribution in [1.29, 1.82) is 5.26 Å². The van der Waals surface area contributed by atoms with Crippen LogP contribution in [0.4, 0.5) is 18.8 Å². The van der Waals surface area contributed by atoms with E-state index in [-0.39, 0.29) is 45.2 Å². The van der Waals surface area contributed by atoms with E-state index < -0.39 is 60.1 Å². The number of pyridine rings is 1. The van der Waals surface area contributed by atoms with E-state index in [2.05, 4.69) is 45.2 Å². The first-order valence-corrected chi connectivity index (χ1v) is 30.2. The van der Waals surface area contributed by atoms with Crippen LogP contribution in [0.15, 0.2) is 240 Å². The minimum Gasteiger partial charge on any atom is -0.486 e. The maximum absolute atomic E-state index is 13.0. The summed E-state index contributed by atoms with van der Waals surface area (Å²) in [6.07, 6.45) is 1.60. The molecule has 21 heteroatoms. The van der Waals surface area contributed by atoms with Crippen molar-refractivity contribution >= 4 is 58.1 Å². The summed E-state index contributed by atoms with van der Waals surface area (Å²) in [7, 11) is 0. The van der Waals surface area contributed by atoms with Crippen LogP contribution in [0.3, 0.4) is 0 Å². The monoisotopic (exact) mass is 1290 g/mol. The molecular formula is C75H62FN5O15. The fourth-order valence-corrected chi connectivity index (χ4v) is 10.4. The number of aromatic nitrogens is 1. The van der Waals surface area contributed by atoms with Gasteiger partial charge in [-0.15, -0.1) is 0 Å². The van der Waals surface area contributed by atoms with Crippen molar-refractivity contribution in [3.05, 3.63) is 276 Å². The third-order valence-electron chi connectivity index (χ3n) is 15.1. The number of rotatable bonds is 21. The first-order chi connectivity index (χ1) is 46.6. The van der Waals surface area contributed by atoms with E-state index in [4.69, 9.17) is 33.0 Å². The molecule has 11 aromatic rings. The van der Waals surface area contributed by atoms with Gasteiger partial charge in [0.15, 0.2) is 13.2 Å². The second kappa shape index (κ2) is 32.1. The van der Waals surface area contributed by atoms with Crippen LogP contribution in [-0.4, -0.2) is 87.3 Å². The number of benzene rings is 8. The number of carboxylic acids is 3. The van der Waals surface area contributed by atoms with Crippen LogP contribution in [0.2, 0.25) is 0 Å². The van der Waals surface area contributed by atoms with Crippen LogP contribution in [0, 0.1) is 17.1 Å². The minimum absolute atomic E-state index is 0.00747. The molecule has 6 N–H and O–H groups in total. The fraction of sp³-hybridized carbons (Fsp3) is 0.147. The number of fused-ring (bicyclic) bond motifs is 3. The number of carbonyl (C=O) groups excluding carboxylic acids is 3. The van der Waals surface area contributed by atoms with E-state index in [0.29, 0.717) is 40.2 Å². The Bertz CT molecular complexity index is 4540. The number of carboxylic acid groups (broad SMARTS) is 3. The van der Waals surface area contributed by atoms with Gasteiger partial charge in [0.1, 0.15) is 65.1 Å². The lowest BCUT2D eigenvalue weighted by Gasteiger charge is -2.16. The quantitative estimate of drug-likeness (QED) is 0.0364. The molecule has 4 heterocycles. The molecule has 0 saturated carbocycles. The van der Waals surface area contributed by atoms with Crippen molar-refractivity contribution < 1.29 is 76.3 Å². The highest BCUT2D eigenvalue weighted by Gasteiger charge is 2.28. The maximum atomic E-state index is 13.0. The van der Waals surface area contributed by atoms with Crippen LogP contribution in [0.5, 0.6) is 5.75 Å². The van der Waals surface area contributed by atoms with E-state index in [9.17, 15) is 48.5 Å². The molecule has 1 unspecified atom stereocenters. The molecule has 484 valence electrons. The number of aliphatic carboxylic acids is 3. The van der Waals surface area contributed by atoms with Crippen molar-refractivity contribution in [2.75, 3.05) is 6.61 Å².